The minimum atomic E-state index is -0.868. The first-order chi connectivity index (χ1) is 17.3. The van der Waals surface area contributed by atoms with E-state index in [1.54, 1.807) is 53.9 Å². The van der Waals surface area contributed by atoms with Gasteiger partial charge < -0.3 is 24.0 Å². The Bertz CT molecular complexity index is 1340. The highest BCUT2D eigenvalue weighted by Crippen LogP contribution is 2.39. The lowest BCUT2D eigenvalue weighted by molar-refractivity contribution is -0.895. The molecule has 1 aliphatic heterocycles. The van der Waals surface area contributed by atoms with Crippen molar-refractivity contribution in [1.29, 1.82) is 0 Å². The van der Waals surface area contributed by atoms with Crippen LogP contribution in [0.15, 0.2) is 54.2 Å². The number of aromatic nitrogens is 2. The molecule has 0 spiro atoms. The Morgan fingerprint density at radius 1 is 1.11 bits per heavy atom. The smallest absolute Gasteiger partial charge is 0.337 e. The molecule has 0 radical (unpaired) electrons. The number of hydrogen-bond acceptors (Lipinski definition) is 6. The second-order valence-electron chi connectivity index (χ2n) is 8.77. The molecule has 9 heteroatoms. The second-order valence-corrected chi connectivity index (χ2v) is 8.77. The van der Waals surface area contributed by atoms with Crippen molar-refractivity contribution in [3.8, 4) is 0 Å². The van der Waals surface area contributed by atoms with E-state index in [-0.39, 0.29) is 11.3 Å². The van der Waals surface area contributed by atoms with E-state index in [1.165, 1.54) is 16.9 Å². The van der Waals surface area contributed by atoms with Crippen molar-refractivity contribution in [3.63, 3.8) is 0 Å². The van der Waals surface area contributed by atoms with Gasteiger partial charge in [0.15, 0.2) is 0 Å². The number of nitrogens with one attached hydrogen (secondary N) is 1. The average molecular weight is 491 g/mol. The van der Waals surface area contributed by atoms with Gasteiger partial charge in [0.25, 0.3) is 5.91 Å². The number of carbonyl (C=O) groups excluding carboxylic acids is 3. The van der Waals surface area contributed by atoms with Gasteiger partial charge in [-0.2, -0.15) is 0 Å². The maximum Gasteiger partial charge on any atom is 0.337 e. The van der Waals surface area contributed by atoms with E-state index >= 15 is 0 Å². The lowest BCUT2D eigenvalue weighted by atomic mass is 9.95. The number of methoxy groups -OCH3 is 1. The Morgan fingerprint density at radius 2 is 1.81 bits per heavy atom. The van der Waals surface area contributed by atoms with Crippen molar-refractivity contribution < 1.29 is 29.1 Å². The highest BCUT2D eigenvalue weighted by molar-refractivity contribution is 6.46. The summed E-state index contributed by atoms with van der Waals surface area (Å²) in [5.74, 6) is -2.52. The first kappa shape index (κ1) is 25.1. The van der Waals surface area contributed by atoms with E-state index in [4.69, 9.17) is 4.74 Å². The standard InChI is InChI=1S/C27H30N4O5/c1-5-29(6-2)15-16-31-23(18-10-12-19(13-11-18)27(35)36-4)21(25(33)26(31)34)24(32)22-17(3)28-20-9-7-8-14-30(20)22/h7-14,23,32H,5-6,15-16H2,1-4H3. The highest BCUT2D eigenvalue weighted by atomic mass is 16.5. The summed E-state index contributed by atoms with van der Waals surface area (Å²) in [6.45, 7) is 8.54. The molecule has 1 saturated heterocycles. The Hall–Kier alpha value is -3.98. The zero-order chi connectivity index (χ0) is 26.0. The molecular weight excluding hydrogens is 460 g/mol. The molecule has 1 atom stereocenters. The molecule has 3 aromatic rings. The quantitative estimate of drug-likeness (QED) is 0.214. The zero-order valence-corrected chi connectivity index (χ0v) is 20.9. The predicted octanol–water partition coefficient (Wildman–Crippen LogP) is 0.578. The van der Waals surface area contributed by atoms with E-state index in [9.17, 15) is 19.5 Å². The van der Waals surface area contributed by atoms with Crippen LogP contribution in [0.1, 0.15) is 47.2 Å². The first-order valence-electron chi connectivity index (χ1n) is 12.0. The number of amides is 1. The summed E-state index contributed by atoms with van der Waals surface area (Å²) in [7, 11) is 1.30. The van der Waals surface area contributed by atoms with Crippen LogP contribution in [0.4, 0.5) is 0 Å². The van der Waals surface area contributed by atoms with Crippen LogP contribution in [0.5, 0.6) is 0 Å². The first-order valence-corrected chi connectivity index (χ1v) is 12.0. The number of ketones is 1. The molecule has 0 aliphatic carbocycles. The maximum absolute atomic E-state index is 13.9. The third-order valence-corrected chi connectivity index (χ3v) is 6.80. The van der Waals surface area contributed by atoms with Crippen LogP contribution in [0, 0.1) is 6.92 Å². The molecule has 1 N–H and O–H groups in total. The summed E-state index contributed by atoms with van der Waals surface area (Å²) in [6, 6.07) is 11.0. The van der Waals surface area contributed by atoms with Crippen molar-refractivity contribution in [3.05, 3.63) is 76.7 Å². The van der Waals surface area contributed by atoms with Gasteiger partial charge in [0, 0.05) is 11.8 Å². The summed E-state index contributed by atoms with van der Waals surface area (Å²) in [5, 5.41) is 13.9. The molecule has 0 saturated carbocycles. The molecule has 1 aromatic carbocycles. The number of benzene rings is 1. The van der Waals surface area contributed by atoms with Crippen molar-refractivity contribution in [1.82, 2.24) is 14.3 Å². The van der Waals surface area contributed by atoms with Gasteiger partial charge in [-0.3, -0.25) is 9.59 Å². The number of rotatable bonds is 8. The third-order valence-electron chi connectivity index (χ3n) is 6.80. The van der Waals surface area contributed by atoms with Crippen LogP contribution in [-0.4, -0.2) is 65.2 Å². The van der Waals surface area contributed by atoms with Gasteiger partial charge in [-0.25, -0.2) is 9.78 Å². The number of pyridine rings is 1. The Labute approximate surface area is 209 Å². The average Bonchev–Trinajstić information content (AvgIpc) is 3.36. The van der Waals surface area contributed by atoms with E-state index in [0.29, 0.717) is 35.6 Å². The molecule has 0 bridgehead atoms. The lowest BCUT2D eigenvalue weighted by Gasteiger charge is -2.28. The largest absolute Gasteiger partial charge is 0.871 e. The lowest BCUT2D eigenvalue weighted by Crippen LogP contribution is -3.12. The van der Waals surface area contributed by atoms with Crippen molar-refractivity contribution in [2.24, 2.45) is 0 Å². The van der Waals surface area contributed by atoms with Crippen molar-refractivity contribution in [2.45, 2.75) is 26.8 Å². The van der Waals surface area contributed by atoms with Gasteiger partial charge in [-0.15, -0.1) is 0 Å². The van der Waals surface area contributed by atoms with Crippen molar-refractivity contribution >= 4 is 29.1 Å². The molecule has 9 nitrogen and oxygen atoms in total. The normalized spacial score (nSPS) is 17.4. The van der Waals surface area contributed by atoms with Gasteiger partial charge in [0.1, 0.15) is 5.65 Å². The number of hydrogen-bond donors (Lipinski definition) is 1. The highest BCUT2D eigenvalue weighted by Gasteiger charge is 2.44. The monoisotopic (exact) mass is 490 g/mol. The van der Waals surface area contributed by atoms with E-state index < -0.39 is 29.5 Å². The Balaban J connectivity index is 1.86. The minimum Gasteiger partial charge on any atom is -0.871 e. The third kappa shape index (κ3) is 4.37. The number of esters is 1. The van der Waals surface area contributed by atoms with Crippen LogP contribution in [-0.2, 0) is 14.3 Å². The van der Waals surface area contributed by atoms with Gasteiger partial charge >= 0.3 is 5.97 Å². The van der Waals surface area contributed by atoms with Crippen molar-refractivity contribution in [2.75, 3.05) is 33.3 Å². The van der Waals surface area contributed by atoms with Crippen LogP contribution < -0.4 is 10.0 Å². The number of likely N-dealkylation sites (N-methyl/N-ethyl adjacent to an activating group) is 1. The number of likely N-dealkylation sites (tertiary alicyclic amines) is 1. The van der Waals surface area contributed by atoms with Gasteiger partial charge in [-0.1, -0.05) is 24.0 Å². The second kappa shape index (κ2) is 10.3. The number of quaternary nitrogens is 1. The predicted molar refractivity (Wildman–Crippen MR) is 131 cm³/mol. The fourth-order valence-corrected chi connectivity index (χ4v) is 4.76. The zero-order valence-electron chi connectivity index (χ0n) is 20.9. The molecular formula is C27H30N4O5. The summed E-state index contributed by atoms with van der Waals surface area (Å²) in [4.78, 5) is 45.7. The number of imidazole rings is 1. The van der Waals surface area contributed by atoms with E-state index in [2.05, 4.69) is 18.8 Å². The minimum absolute atomic E-state index is 0.103. The molecule has 2 aromatic heterocycles. The number of aryl methyl sites for hydroxylation is 1. The SMILES string of the molecule is CC[NH+](CC)CCN1C(=O)C(=O)C(=C([O-])c2c(C)nc3ccccn23)C1c1ccc(C(=O)OC)cc1. The number of carbonyl (C=O) groups is 3. The summed E-state index contributed by atoms with van der Waals surface area (Å²) in [5.41, 5.74) is 2.12. The molecule has 1 amide bonds. The molecule has 1 unspecified atom stereocenters. The number of fused-ring (bicyclic) bond motifs is 1. The molecule has 36 heavy (non-hydrogen) atoms. The fraction of sp³-hybridized carbons (Fsp3) is 0.333. The molecule has 4 rings (SSSR count). The summed E-state index contributed by atoms with van der Waals surface area (Å²) in [6.07, 6.45) is 1.71. The molecule has 1 aliphatic rings. The number of nitrogens with zero attached hydrogens (tertiary/aromatic N) is 3. The fourth-order valence-electron chi connectivity index (χ4n) is 4.76. The Kier molecular flexibility index (Phi) is 7.21. The van der Waals surface area contributed by atoms with E-state index in [0.717, 1.165) is 13.1 Å². The molecule has 1 fully saturated rings. The molecule has 188 valence electrons. The van der Waals surface area contributed by atoms with Gasteiger partial charge in [-0.05, 0) is 50.6 Å². The van der Waals surface area contributed by atoms with Gasteiger partial charge in [0.05, 0.1) is 56.3 Å². The van der Waals surface area contributed by atoms with E-state index in [1.807, 2.05) is 6.07 Å². The summed E-state index contributed by atoms with van der Waals surface area (Å²) >= 11 is 0. The van der Waals surface area contributed by atoms with Crippen LogP contribution in [0.25, 0.3) is 11.4 Å². The van der Waals surface area contributed by atoms with Crippen LogP contribution in [0.2, 0.25) is 0 Å². The van der Waals surface area contributed by atoms with Crippen LogP contribution >= 0.6 is 0 Å². The number of Topliss-reactive ketones (excluding diaryl/α,β-unsaturated/α-hetero) is 1. The number of ether oxygens (including phenoxy) is 1. The van der Waals surface area contributed by atoms with Crippen LogP contribution in [0.3, 0.4) is 0 Å². The van der Waals surface area contributed by atoms with Gasteiger partial charge in [0.2, 0.25) is 5.78 Å². The summed E-state index contributed by atoms with van der Waals surface area (Å²) < 4.78 is 6.42. The molecule has 3 heterocycles. The Morgan fingerprint density at radius 3 is 2.44 bits per heavy atom. The maximum atomic E-state index is 13.9. The topological polar surface area (TPSA) is 108 Å².